The second kappa shape index (κ2) is 3.85. The highest BCUT2D eigenvalue weighted by molar-refractivity contribution is 5.44. The average Bonchev–Trinajstić information content (AvgIpc) is 2.09. The topological polar surface area (TPSA) is 33.0 Å². The number of rotatable bonds is 2. The number of hydrogen-bond donors (Lipinski definition) is 0. The second-order valence-corrected chi connectivity index (χ2v) is 2.31. The molecule has 0 atom stereocenters. The van der Waals surface area contributed by atoms with E-state index < -0.39 is 11.6 Å². The molecule has 0 aliphatic carbocycles. The summed E-state index contributed by atoms with van der Waals surface area (Å²) in [5.41, 5.74) is -0.126. The molecule has 4 heteroatoms. The molecule has 0 aliphatic rings. The Balaban J connectivity index is 3.23. The molecule has 0 saturated carbocycles. The van der Waals surface area contributed by atoms with Crippen molar-refractivity contribution in [1.29, 1.82) is 5.26 Å². The molecule has 1 aromatic carbocycles. The first-order valence-corrected chi connectivity index (χ1v) is 3.71. The van der Waals surface area contributed by atoms with Crippen LogP contribution in [0.3, 0.4) is 0 Å². The zero-order chi connectivity index (χ0) is 9.84. The summed E-state index contributed by atoms with van der Waals surface area (Å²) in [6.45, 7) is 1.89. The minimum absolute atomic E-state index is 0.126. The fourth-order valence-corrected chi connectivity index (χ4v) is 0.934. The predicted octanol–water partition coefficient (Wildman–Crippen LogP) is 2.24. The summed E-state index contributed by atoms with van der Waals surface area (Å²) in [6.07, 6.45) is 0. The molecular weight excluding hydrogens is 176 g/mol. The first kappa shape index (κ1) is 9.46. The van der Waals surface area contributed by atoms with E-state index in [1.165, 1.54) is 0 Å². The molecule has 0 unspecified atom stereocenters. The van der Waals surface area contributed by atoms with E-state index in [-0.39, 0.29) is 17.9 Å². The zero-order valence-electron chi connectivity index (χ0n) is 6.97. The minimum Gasteiger partial charge on any atom is -0.489 e. The van der Waals surface area contributed by atoms with Crippen molar-refractivity contribution in [3.63, 3.8) is 0 Å². The Morgan fingerprint density at radius 1 is 1.46 bits per heavy atom. The predicted molar refractivity (Wildman–Crippen MR) is 42.2 cm³/mol. The van der Waals surface area contributed by atoms with Gasteiger partial charge in [0.1, 0.15) is 11.9 Å². The Morgan fingerprint density at radius 2 is 2.15 bits per heavy atom. The summed E-state index contributed by atoms with van der Waals surface area (Å²) < 4.78 is 30.4. The fourth-order valence-electron chi connectivity index (χ4n) is 0.934. The maximum atomic E-state index is 13.0. The van der Waals surface area contributed by atoms with E-state index in [4.69, 9.17) is 10.00 Å². The monoisotopic (exact) mass is 183 g/mol. The quantitative estimate of drug-likeness (QED) is 0.704. The maximum absolute atomic E-state index is 13.0. The van der Waals surface area contributed by atoms with E-state index in [0.29, 0.717) is 6.07 Å². The van der Waals surface area contributed by atoms with Crippen LogP contribution < -0.4 is 4.74 Å². The number of nitriles is 1. The summed E-state index contributed by atoms with van der Waals surface area (Å²) in [4.78, 5) is 0. The lowest BCUT2D eigenvalue weighted by Gasteiger charge is -2.05. The molecule has 2 nitrogen and oxygen atoms in total. The van der Waals surface area contributed by atoms with Gasteiger partial charge in [0.05, 0.1) is 12.2 Å². The average molecular weight is 183 g/mol. The van der Waals surface area contributed by atoms with Gasteiger partial charge in [0.15, 0.2) is 11.6 Å². The highest BCUT2D eigenvalue weighted by Gasteiger charge is 2.11. The molecule has 0 aromatic heterocycles. The maximum Gasteiger partial charge on any atom is 0.172 e. The van der Waals surface area contributed by atoms with Crippen LogP contribution in [0.1, 0.15) is 12.5 Å². The normalized spacial score (nSPS) is 9.38. The highest BCUT2D eigenvalue weighted by Crippen LogP contribution is 2.23. The Bertz CT molecular complexity index is 357. The van der Waals surface area contributed by atoms with Gasteiger partial charge in [-0.05, 0) is 13.0 Å². The van der Waals surface area contributed by atoms with Gasteiger partial charge in [-0.3, -0.25) is 0 Å². The third-order valence-electron chi connectivity index (χ3n) is 1.42. The van der Waals surface area contributed by atoms with Gasteiger partial charge in [-0.25, -0.2) is 8.78 Å². The minimum atomic E-state index is -0.849. The van der Waals surface area contributed by atoms with Crippen LogP contribution in [0.15, 0.2) is 12.1 Å². The summed E-state index contributed by atoms with van der Waals surface area (Å²) in [7, 11) is 0. The molecule has 0 heterocycles. The van der Waals surface area contributed by atoms with Crippen molar-refractivity contribution < 1.29 is 13.5 Å². The number of nitrogens with zero attached hydrogens (tertiary/aromatic N) is 1. The van der Waals surface area contributed by atoms with E-state index >= 15 is 0 Å². The summed E-state index contributed by atoms with van der Waals surface area (Å²) in [5.74, 6) is -1.82. The lowest BCUT2D eigenvalue weighted by atomic mass is 10.2. The van der Waals surface area contributed by atoms with Gasteiger partial charge in [0.25, 0.3) is 0 Å². The van der Waals surface area contributed by atoms with E-state index in [0.717, 1.165) is 6.07 Å². The highest BCUT2D eigenvalue weighted by atomic mass is 19.1. The molecule has 0 spiro atoms. The van der Waals surface area contributed by atoms with E-state index in [9.17, 15) is 8.78 Å². The van der Waals surface area contributed by atoms with Gasteiger partial charge in [-0.1, -0.05) is 0 Å². The van der Waals surface area contributed by atoms with Crippen LogP contribution in [-0.4, -0.2) is 6.61 Å². The standard InChI is InChI=1S/C9H7F2NO/c1-2-13-9-6(5-12)3-7(10)4-8(9)11/h3-4H,2H2,1H3. The van der Waals surface area contributed by atoms with Crippen molar-refractivity contribution in [2.75, 3.05) is 6.61 Å². The van der Waals surface area contributed by atoms with Crippen molar-refractivity contribution in [3.05, 3.63) is 29.3 Å². The zero-order valence-corrected chi connectivity index (χ0v) is 6.97. The smallest absolute Gasteiger partial charge is 0.172 e. The molecule has 13 heavy (non-hydrogen) atoms. The van der Waals surface area contributed by atoms with Gasteiger partial charge in [0, 0.05) is 6.07 Å². The van der Waals surface area contributed by atoms with Crippen LogP contribution in [0.2, 0.25) is 0 Å². The van der Waals surface area contributed by atoms with Gasteiger partial charge >= 0.3 is 0 Å². The first-order chi connectivity index (χ1) is 6.19. The van der Waals surface area contributed by atoms with Gasteiger partial charge < -0.3 is 4.74 Å². The molecular formula is C9H7F2NO. The molecule has 1 aromatic rings. The van der Waals surface area contributed by atoms with Crippen molar-refractivity contribution in [2.24, 2.45) is 0 Å². The molecule has 0 fully saturated rings. The second-order valence-electron chi connectivity index (χ2n) is 2.31. The number of benzene rings is 1. The first-order valence-electron chi connectivity index (χ1n) is 3.71. The van der Waals surface area contributed by atoms with Crippen LogP contribution in [0.25, 0.3) is 0 Å². The molecule has 1 rings (SSSR count). The van der Waals surface area contributed by atoms with E-state index in [1.807, 2.05) is 0 Å². The van der Waals surface area contributed by atoms with Crippen molar-refractivity contribution in [3.8, 4) is 11.8 Å². The summed E-state index contributed by atoms with van der Waals surface area (Å²) in [6, 6.07) is 3.28. The largest absolute Gasteiger partial charge is 0.489 e. The SMILES string of the molecule is CCOc1c(F)cc(F)cc1C#N. The van der Waals surface area contributed by atoms with Gasteiger partial charge in [0.2, 0.25) is 0 Å². The summed E-state index contributed by atoms with van der Waals surface area (Å²) >= 11 is 0. The van der Waals surface area contributed by atoms with Crippen LogP contribution >= 0.6 is 0 Å². The molecule has 0 radical (unpaired) electrons. The Morgan fingerprint density at radius 3 is 2.69 bits per heavy atom. The Hall–Kier alpha value is -1.63. The van der Waals surface area contributed by atoms with Gasteiger partial charge in [-0.15, -0.1) is 0 Å². The number of hydrogen-bond acceptors (Lipinski definition) is 2. The third kappa shape index (κ3) is 1.94. The number of ether oxygens (including phenoxy) is 1. The third-order valence-corrected chi connectivity index (χ3v) is 1.42. The molecule has 0 saturated heterocycles. The lowest BCUT2D eigenvalue weighted by molar-refractivity contribution is 0.319. The molecule has 68 valence electrons. The molecule has 0 N–H and O–H groups in total. The molecule has 0 aliphatic heterocycles. The van der Waals surface area contributed by atoms with Crippen molar-refractivity contribution in [2.45, 2.75) is 6.92 Å². The molecule has 0 amide bonds. The van der Waals surface area contributed by atoms with E-state index in [2.05, 4.69) is 0 Å². The van der Waals surface area contributed by atoms with Crippen molar-refractivity contribution in [1.82, 2.24) is 0 Å². The molecule has 0 bridgehead atoms. The Kier molecular flexibility index (Phi) is 2.80. The summed E-state index contributed by atoms with van der Waals surface area (Å²) in [5, 5.41) is 8.53. The van der Waals surface area contributed by atoms with Gasteiger partial charge in [-0.2, -0.15) is 5.26 Å². The van der Waals surface area contributed by atoms with E-state index in [1.54, 1.807) is 13.0 Å². The Labute approximate surface area is 74.4 Å². The van der Waals surface area contributed by atoms with Crippen LogP contribution in [0.4, 0.5) is 8.78 Å². The van der Waals surface area contributed by atoms with Crippen LogP contribution in [-0.2, 0) is 0 Å². The van der Waals surface area contributed by atoms with Crippen LogP contribution in [0.5, 0.6) is 5.75 Å². The fraction of sp³-hybridized carbons (Fsp3) is 0.222. The lowest BCUT2D eigenvalue weighted by Crippen LogP contribution is -1.98. The number of halogens is 2. The van der Waals surface area contributed by atoms with Crippen molar-refractivity contribution >= 4 is 0 Å². The van der Waals surface area contributed by atoms with Crippen LogP contribution in [0, 0.1) is 23.0 Å².